The molecule has 0 saturated carbocycles. The molecular formula is C10H13N3O5. The lowest BCUT2D eigenvalue weighted by atomic mass is 10.00. The van der Waals surface area contributed by atoms with Gasteiger partial charge in [-0.3, -0.25) is 14.9 Å². The monoisotopic (exact) mass is 255 g/mol. The number of amides is 1. The van der Waals surface area contributed by atoms with Crippen molar-refractivity contribution in [2.24, 2.45) is 5.73 Å². The van der Waals surface area contributed by atoms with E-state index >= 15 is 0 Å². The predicted octanol–water partition coefficient (Wildman–Crippen LogP) is -0.553. The van der Waals surface area contributed by atoms with Gasteiger partial charge in [0.1, 0.15) is 6.10 Å². The summed E-state index contributed by atoms with van der Waals surface area (Å²) in [5.41, 5.74) is 10.2. The number of aliphatic hydroxyl groups is 2. The zero-order chi connectivity index (χ0) is 13.9. The Morgan fingerprint density at radius 3 is 2.56 bits per heavy atom. The third kappa shape index (κ3) is 3.15. The van der Waals surface area contributed by atoms with Crippen LogP contribution in [0, 0.1) is 10.1 Å². The highest BCUT2D eigenvalue weighted by molar-refractivity contribution is 5.74. The summed E-state index contributed by atoms with van der Waals surface area (Å²) in [4.78, 5) is 20.5. The van der Waals surface area contributed by atoms with Crippen molar-refractivity contribution in [3.05, 3.63) is 33.9 Å². The Bertz CT molecular complexity index is 477. The van der Waals surface area contributed by atoms with Crippen LogP contribution in [0.2, 0.25) is 0 Å². The molecular weight excluding hydrogens is 242 g/mol. The topological polar surface area (TPSA) is 153 Å². The molecule has 0 fully saturated rings. The number of benzene rings is 1. The van der Waals surface area contributed by atoms with Gasteiger partial charge in [0.2, 0.25) is 5.91 Å². The lowest BCUT2D eigenvalue weighted by Crippen LogP contribution is -2.26. The van der Waals surface area contributed by atoms with E-state index in [0.717, 1.165) is 6.07 Å². The van der Waals surface area contributed by atoms with Gasteiger partial charge in [0.05, 0.1) is 17.4 Å². The Hall–Kier alpha value is -2.19. The van der Waals surface area contributed by atoms with Crippen LogP contribution in [0.1, 0.15) is 18.1 Å². The highest BCUT2D eigenvalue weighted by Crippen LogP contribution is 2.28. The summed E-state index contributed by atoms with van der Waals surface area (Å²) in [6.45, 7) is 0. The number of hydrogen-bond acceptors (Lipinski definition) is 6. The first-order valence-corrected chi connectivity index (χ1v) is 5.01. The number of carbonyl (C=O) groups is 1. The Morgan fingerprint density at radius 2 is 2.06 bits per heavy atom. The fourth-order valence-electron chi connectivity index (χ4n) is 1.46. The van der Waals surface area contributed by atoms with E-state index in [1.165, 1.54) is 12.1 Å². The largest absolute Gasteiger partial charge is 0.398 e. The van der Waals surface area contributed by atoms with E-state index < -0.39 is 29.5 Å². The maximum absolute atomic E-state index is 10.6. The third-order valence-corrected chi connectivity index (χ3v) is 2.37. The molecule has 8 nitrogen and oxygen atoms in total. The van der Waals surface area contributed by atoms with Crippen molar-refractivity contribution < 1.29 is 19.9 Å². The minimum atomic E-state index is -1.52. The van der Waals surface area contributed by atoms with E-state index in [9.17, 15) is 25.1 Å². The van der Waals surface area contributed by atoms with Crippen molar-refractivity contribution in [1.82, 2.24) is 0 Å². The Labute approximate surface area is 102 Å². The summed E-state index contributed by atoms with van der Waals surface area (Å²) < 4.78 is 0. The van der Waals surface area contributed by atoms with Gasteiger partial charge in [-0.25, -0.2) is 0 Å². The van der Waals surface area contributed by atoms with Gasteiger partial charge >= 0.3 is 0 Å². The van der Waals surface area contributed by atoms with E-state index in [0.29, 0.717) is 0 Å². The van der Waals surface area contributed by atoms with E-state index in [1.54, 1.807) is 0 Å². The van der Waals surface area contributed by atoms with Gasteiger partial charge < -0.3 is 21.7 Å². The maximum Gasteiger partial charge on any atom is 0.269 e. The smallest absolute Gasteiger partial charge is 0.269 e. The second kappa shape index (κ2) is 5.43. The second-order valence-electron chi connectivity index (χ2n) is 3.75. The molecule has 6 N–H and O–H groups in total. The minimum Gasteiger partial charge on any atom is -0.398 e. The van der Waals surface area contributed by atoms with E-state index in [-0.39, 0.29) is 16.9 Å². The Morgan fingerprint density at radius 1 is 1.44 bits per heavy atom. The molecule has 0 aromatic heterocycles. The molecule has 0 radical (unpaired) electrons. The van der Waals surface area contributed by atoms with Crippen LogP contribution in [-0.4, -0.2) is 27.1 Å². The Balaban J connectivity index is 3.03. The first kappa shape index (κ1) is 13.9. The zero-order valence-electron chi connectivity index (χ0n) is 9.31. The number of primary amides is 1. The number of aliphatic hydroxyl groups excluding tert-OH is 2. The van der Waals surface area contributed by atoms with Crippen molar-refractivity contribution in [1.29, 1.82) is 0 Å². The van der Waals surface area contributed by atoms with Crippen LogP contribution >= 0.6 is 0 Å². The van der Waals surface area contributed by atoms with Crippen LogP contribution in [0.5, 0.6) is 0 Å². The van der Waals surface area contributed by atoms with Crippen LogP contribution in [-0.2, 0) is 4.79 Å². The SMILES string of the molecule is NC(=O)CC(O)C(O)c1cc([N+](=O)[O-])ccc1N. The summed E-state index contributed by atoms with van der Waals surface area (Å²) in [7, 11) is 0. The molecule has 0 aliphatic rings. The number of hydrogen-bond donors (Lipinski definition) is 4. The lowest BCUT2D eigenvalue weighted by Gasteiger charge is -2.18. The molecule has 18 heavy (non-hydrogen) atoms. The third-order valence-electron chi connectivity index (χ3n) is 2.37. The highest BCUT2D eigenvalue weighted by Gasteiger charge is 2.24. The lowest BCUT2D eigenvalue weighted by molar-refractivity contribution is -0.385. The summed E-state index contributed by atoms with van der Waals surface area (Å²) in [6.07, 6.45) is -3.45. The number of nitrogen functional groups attached to an aromatic ring is 1. The fraction of sp³-hybridized carbons (Fsp3) is 0.300. The molecule has 0 heterocycles. The summed E-state index contributed by atoms with van der Waals surface area (Å²) in [5.74, 6) is -0.800. The molecule has 1 amide bonds. The maximum atomic E-state index is 10.6. The number of carbonyl (C=O) groups excluding carboxylic acids is 1. The summed E-state index contributed by atoms with van der Waals surface area (Å²) >= 11 is 0. The van der Waals surface area contributed by atoms with Crippen molar-refractivity contribution in [3.63, 3.8) is 0 Å². The van der Waals surface area contributed by atoms with E-state index in [4.69, 9.17) is 11.5 Å². The number of anilines is 1. The molecule has 98 valence electrons. The minimum absolute atomic E-state index is 0.0158. The number of non-ortho nitro benzene ring substituents is 1. The zero-order valence-corrected chi connectivity index (χ0v) is 9.31. The predicted molar refractivity (Wildman–Crippen MR) is 62.3 cm³/mol. The molecule has 8 heteroatoms. The second-order valence-corrected chi connectivity index (χ2v) is 3.75. The molecule has 1 aromatic rings. The van der Waals surface area contributed by atoms with Crippen molar-refractivity contribution in [2.75, 3.05) is 5.73 Å². The first-order valence-electron chi connectivity index (χ1n) is 5.01. The van der Waals surface area contributed by atoms with Crippen molar-refractivity contribution in [3.8, 4) is 0 Å². The molecule has 0 bridgehead atoms. The molecule has 1 aromatic carbocycles. The average molecular weight is 255 g/mol. The van der Waals surface area contributed by atoms with Gasteiger partial charge in [0, 0.05) is 23.4 Å². The molecule has 0 aliphatic heterocycles. The highest BCUT2D eigenvalue weighted by atomic mass is 16.6. The standard InChI is InChI=1S/C10H13N3O5/c11-7-2-1-5(13(17)18)3-6(7)10(16)8(14)4-9(12)15/h1-3,8,10,14,16H,4,11H2,(H2,12,15). The van der Waals surface area contributed by atoms with Crippen LogP contribution in [0.4, 0.5) is 11.4 Å². The van der Waals surface area contributed by atoms with Crippen LogP contribution < -0.4 is 11.5 Å². The van der Waals surface area contributed by atoms with Gasteiger partial charge in [-0.05, 0) is 6.07 Å². The van der Waals surface area contributed by atoms with Gasteiger partial charge in [-0.2, -0.15) is 0 Å². The number of rotatable bonds is 5. The summed E-state index contributed by atoms with van der Waals surface area (Å²) in [6, 6.07) is 3.46. The van der Waals surface area contributed by atoms with E-state index in [2.05, 4.69) is 0 Å². The number of nitrogens with zero attached hydrogens (tertiary/aromatic N) is 1. The molecule has 2 atom stereocenters. The van der Waals surface area contributed by atoms with Gasteiger partial charge in [0.15, 0.2) is 0 Å². The van der Waals surface area contributed by atoms with Crippen molar-refractivity contribution in [2.45, 2.75) is 18.6 Å². The Kier molecular flexibility index (Phi) is 4.18. The van der Waals surface area contributed by atoms with Crippen LogP contribution in [0.15, 0.2) is 18.2 Å². The first-order chi connectivity index (χ1) is 8.32. The number of nitro benzene ring substituents is 1. The van der Waals surface area contributed by atoms with Crippen LogP contribution in [0.3, 0.4) is 0 Å². The molecule has 1 rings (SSSR count). The molecule has 2 unspecified atom stereocenters. The van der Waals surface area contributed by atoms with Gasteiger partial charge in [-0.15, -0.1) is 0 Å². The molecule has 0 spiro atoms. The van der Waals surface area contributed by atoms with Crippen molar-refractivity contribution >= 4 is 17.3 Å². The molecule has 0 aliphatic carbocycles. The summed E-state index contributed by atoms with van der Waals surface area (Å²) in [5, 5.41) is 29.9. The number of nitro groups is 1. The van der Waals surface area contributed by atoms with Gasteiger partial charge in [0.25, 0.3) is 5.69 Å². The average Bonchev–Trinajstić information content (AvgIpc) is 2.27. The van der Waals surface area contributed by atoms with Crippen LogP contribution in [0.25, 0.3) is 0 Å². The normalized spacial score (nSPS) is 13.9. The number of nitrogens with two attached hydrogens (primary N) is 2. The quantitative estimate of drug-likeness (QED) is 0.314. The van der Waals surface area contributed by atoms with Gasteiger partial charge in [-0.1, -0.05) is 0 Å². The fourth-order valence-corrected chi connectivity index (χ4v) is 1.46. The molecule has 0 saturated heterocycles. The van der Waals surface area contributed by atoms with E-state index in [1.807, 2.05) is 0 Å².